The van der Waals surface area contributed by atoms with E-state index in [1.807, 2.05) is 24.3 Å². The third kappa shape index (κ3) is 1.99. The molecule has 1 saturated heterocycles. The molecule has 1 unspecified atom stereocenters. The molecule has 5 heteroatoms. The van der Waals surface area contributed by atoms with Crippen molar-refractivity contribution in [3.05, 3.63) is 30.0 Å². The Labute approximate surface area is 117 Å². The number of carbonyl (C=O) groups is 1. The van der Waals surface area contributed by atoms with Gasteiger partial charge in [0.25, 0.3) is 0 Å². The topological polar surface area (TPSA) is 66.3 Å². The van der Waals surface area contributed by atoms with E-state index in [1.165, 1.54) is 0 Å². The van der Waals surface area contributed by atoms with E-state index in [0.29, 0.717) is 6.04 Å². The molecule has 0 saturated carbocycles. The number of hydrogen-bond acceptors (Lipinski definition) is 4. The van der Waals surface area contributed by atoms with Gasteiger partial charge in [-0.2, -0.15) is 0 Å². The molecule has 0 radical (unpaired) electrons. The summed E-state index contributed by atoms with van der Waals surface area (Å²) in [5, 5.41) is 18.2. The molecule has 2 heterocycles. The molecule has 1 aliphatic heterocycles. The highest BCUT2D eigenvalue weighted by Crippen LogP contribution is 2.34. The van der Waals surface area contributed by atoms with Crippen LogP contribution < -0.4 is 4.90 Å². The van der Waals surface area contributed by atoms with Crippen molar-refractivity contribution in [2.45, 2.75) is 32.2 Å². The standard InChI is InChI=1S/C15H17N3O2/c1-2-10-6-5-9-18(10)14-11-7-3-4-8-12(11)16-17-13(14)15(19)20/h3-4,7-8,10H,2,5-6,9H2,1H3,(H,19,20). The highest BCUT2D eigenvalue weighted by molar-refractivity contribution is 6.03. The van der Waals surface area contributed by atoms with Crippen LogP contribution in [0.1, 0.15) is 36.7 Å². The first-order valence-electron chi connectivity index (χ1n) is 6.97. The van der Waals surface area contributed by atoms with Gasteiger partial charge in [0, 0.05) is 18.0 Å². The lowest BCUT2D eigenvalue weighted by atomic mass is 10.1. The second kappa shape index (κ2) is 5.07. The van der Waals surface area contributed by atoms with Crippen molar-refractivity contribution < 1.29 is 9.90 Å². The van der Waals surface area contributed by atoms with Crippen LogP contribution >= 0.6 is 0 Å². The highest BCUT2D eigenvalue weighted by Gasteiger charge is 2.29. The van der Waals surface area contributed by atoms with Crippen molar-refractivity contribution in [1.29, 1.82) is 0 Å². The van der Waals surface area contributed by atoms with Crippen LogP contribution in [0.4, 0.5) is 5.69 Å². The summed E-state index contributed by atoms with van der Waals surface area (Å²) in [6.07, 6.45) is 3.20. The largest absolute Gasteiger partial charge is 0.476 e. The first-order chi connectivity index (χ1) is 9.72. The molecule has 2 aromatic rings. The first-order valence-corrected chi connectivity index (χ1v) is 6.97. The number of anilines is 1. The number of rotatable bonds is 3. The van der Waals surface area contributed by atoms with E-state index in [1.54, 1.807) is 0 Å². The molecule has 104 valence electrons. The van der Waals surface area contributed by atoms with Crippen molar-refractivity contribution >= 4 is 22.6 Å². The number of fused-ring (bicyclic) bond motifs is 1. The summed E-state index contributed by atoms with van der Waals surface area (Å²) in [4.78, 5) is 13.7. The zero-order chi connectivity index (χ0) is 14.1. The van der Waals surface area contributed by atoms with Gasteiger partial charge in [-0.25, -0.2) is 4.79 Å². The molecule has 1 aromatic heterocycles. The zero-order valence-corrected chi connectivity index (χ0v) is 11.4. The molecule has 1 aromatic carbocycles. The van der Waals surface area contributed by atoms with Gasteiger partial charge >= 0.3 is 5.97 Å². The molecule has 0 spiro atoms. The van der Waals surface area contributed by atoms with Gasteiger partial charge in [0.15, 0.2) is 5.69 Å². The maximum atomic E-state index is 11.5. The van der Waals surface area contributed by atoms with Gasteiger partial charge in [-0.15, -0.1) is 10.2 Å². The predicted molar refractivity (Wildman–Crippen MR) is 77.2 cm³/mol. The lowest BCUT2D eigenvalue weighted by Crippen LogP contribution is -2.30. The fraction of sp³-hybridized carbons (Fsp3) is 0.400. The van der Waals surface area contributed by atoms with Crippen molar-refractivity contribution in [3.63, 3.8) is 0 Å². The second-order valence-corrected chi connectivity index (χ2v) is 5.12. The Morgan fingerprint density at radius 3 is 2.95 bits per heavy atom. The summed E-state index contributed by atoms with van der Waals surface area (Å²) < 4.78 is 0. The summed E-state index contributed by atoms with van der Waals surface area (Å²) in [5.74, 6) is -1.01. The Morgan fingerprint density at radius 1 is 1.40 bits per heavy atom. The molecule has 1 N–H and O–H groups in total. The Bertz CT molecular complexity index is 657. The van der Waals surface area contributed by atoms with Gasteiger partial charge < -0.3 is 10.0 Å². The van der Waals surface area contributed by atoms with Gasteiger partial charge in [0.05, 0.1) is 11.2 Å². The van der Waals surface area contributed by atoms with E-state index in [4.69, 9.17) is 0 Å². The van der Waals surface area contributed by atoms with Crippen LogP contribution in [0.25, 0.3) is 10.9 Å². The maximum absolute atomic E-state index is 11.5. The molecule has 0 aliphatic carbocycles. The summed E-state index contributed by atoms with van der Waals surface area (Å²) in [6.45, 7) is 3.02. The molecule has 3 rings (SSSR count). The fourth-order valence-electron chi connectivity index (χ4n) is 3.03. The summed E-state index contributed by atoms with van der Waals surface area (Å²) in [5.41, 5.74) is 1.53. The predicted octanol–water partition coefficient (Wildman–Crippen LogP) is 2.71. The second-order valence-electron chi connectivity index (χ2n) is 5.12. The van der Waals surface area contributed by atoms with Gasteiger partial charge in [0.2, 0.25) is 0 Å². The molecule has 1 fully saturated rings. The molecule has 20 heavy (non-hydrogen) atoms. The highest BCUT2D eigenvalue weighted by atomic mass is 16.4. The molecular weight excluding hydrogens is 254 g/mol. The summed E-state index contributed by atoms with van der Waals surface area (Å²) in [6, 6.07) is 7.99. The molecule has 0 amide bonds. The minimum atomic E-state index is -1.01. The lowest BCUT2D eigenvalue weighted by molar-refractivity contribution is 0.0690. The van der Waals surface area contributed by atoms with Crippen molar-refractivity contribution in [2.75, 3.05) is 11.4 Å². The molecule has 1 atom stereocenters. The molecular formula is C15H17N3O2. The SMILES string of the molecule is CCC1CCCN1c1c(C(=O)O)nnc2ccccc12. The van der Waals surface area contributed by atoms with Crippen LogP contribution in [-0.2, 0) is 0 Å². The van der Waals surface area contributed by atoms with Crippen molar-refractivity contribution in [2.24, 2.45) is 0 Å². The van der Waals surface area contributed by atoms with Crippen LogP contribution in [0.3, 0.4) is 0 Å². The van der Waals surface area contributed by atoms with Crippen LogP contribution in [0.5, 0.6) is 0 Å². The first kappa shape index (κ1) is 12.8. The van der Waals surface area contributed by atoms with E-state index in [2.05, 4.69) is 22.0 Å². The normalized spacial score (nSPS) is 18.6. The van der Waals surface area contributed by atoms with Crippen molar-refractivity contribution in [3.8, 4) is 0 Å². The third-order valence-electron chi connectivity index (χ3n) is 3.98. The third-order valence-corrected chi connectivity index (χ3v) is 3.98. The minimum Gasteiger partial charge on any atom is -0.476 e. The maximum Gasteiger partial charge on any atom is 0.358 e. The Hall–Kier alpha value is -2.17. The van der Waals surface area contributed by atoms with Gasteiger partial charge in [0.1, 0.15) is 0 Å². The zero-order valence-electron chi connectivity index (χ0n) is 11.4. The number of benzene rings is 1. The van der Waals surface area contributed by atoms with E-state index >= 15 is 0 Å². The summed E-state index contributed by atoms with van der Waals surface area (Å²) in [7, 11) is 0. The average molecular weight is 271 g/mol. The van der Waals surface area contributed by atoms with Gasteiger partial charge in [-0.1, -0.05) is 25.1 Å². The van der Waals surface area contributed by atoms with E-state index < -0.39 is 5.97 Å². The Balaban J connectivity index is 2.24. The molecule has 0 bridgehead atoms. The number of nitrogens with zero attached hydrogens (tertiary/aromatic N) is 3. The van der Waals surface area contributed by atoms with Crippen LogP contribution in [-0.4, -0.2) is 33.9 Å². The van der Waals surface area contributed by atoms with Crippen LogP contribution in [0, 0.1) is 0 Å². The number of aromatic nitrogens is 2. The van der Waals surface area contributed by atoms with E-state index in [-0.39, 0.29) is 5.69 Å². The monoisotopic (exact) mass is 271 g/mol. The van der Waals surface area contributed by atoms with Crippen LogP contribution in [0.15, 0.2) is 24.3 Å². The molecule has 1 aliphatic rings. The number of aromatic carboxylic acids is 1. The van der Waals surface area contributed by atoms with E-state index in [0.717, 1.165) is 42.4 Å². The summed E-state index contributed by atoms with van der Waals surface area (Å²) >= 11 is 0. The van der Waals surface area contributed by atoms with Crippen molar-refractivity contribution in [1.82, 2.24) is 10.2 Å². The fourth-order valence-corrected chi connectivity index (χ4v) is 3.03. The Morgan fingerprint density at radius 2 is 2.20 bits per heavy atom. The van der Waals surface area contributed by atoms with Gasteiger partial charge in [-0.3, -0.25) is 0 Å². The molecule has 5 nitrogen and oxygen atoms in total. The van der Waals surface area contributed by atoms with E-state index in [9.17, 15) is 9.90 Å². The Kier molecular flexibility index (Phi) is 3.26. The smallest absolute Gasteiger partial charge is 0.358 e. The van der Waals surface area contributed by atoms with Gasteiger partial charge in [-0.05, 0) is 25.3 Å². The number of hydrogen-bond donors (Lipinski definition) is 1. The minimum absolute atomic E-state index is 0.0593. The average Bonchev–Trinajstić information content (AvgIpc) is 2.93. The van der Waals surface area contributed by atoms with Crippen LogP contribution in [0.2, 0.25) is 0 Å². The lowest BCUT2D eigenvalue weighted by Gasteiger charge is -2.27. The number of carboxylic acids is 1. The quantitative estimate of drug-likeness (QED) is 0.929. The number of carboxylic acid groups (broad SMARTS) is 1.